The Morgan fingerprint density at radius 1 is 0.966 bits per heavy atom. The molecule has 0 N–H and O–H groups in total. The molecular formula is C22H22N4O2S. The van der Waals surface area contributed by atoms with Crippen molar-refractivity contribution in [3.63, 3.8) is 0 Å². The molecule has 6 nitrogen and oxygen atoms in total. The smallest absolute Gasteiger partial charge is 0.200 e. The van der Waals surface area contributed by atoms with E-state index in [1.807, 2.05) is 48.5 Å². The summed E-state index contributed by atoms with van der Waals surface area (Å²) in [6.45, 7) is 0. The summed E-state index contributed by atoms with van der Waals surface area (Å²) >= 11 is 1.65. The van der Waals surface area contributed by atoms with Crippen LogP contribution in [0.15, 0.2) is 68.9 Å². The van der Waals surface area contributed by atoms with Gasteiger partial charge in [0.05, 0.1) is 12.0 Å². The van der Waals surface area contributed by atoms with Crippen molar-refractivity contribution in [3.05, 3.63) is 60.5 Å². The highest BCUT2D eigenvalue weighted by atomic mass is 32.2. The molecule has 1 aliphatic carbocycles. The third kappa shape index (κ3) is 3.87. The molecule has 0 unspecified atom stereocenters. The van der Waals surface area contributed by atoms with Gasteiger partial charge < -0.3 is 8.94 Å². The SMILES string of the molecule is c1ccc(-c2cc(CSc3nnc(-c4ccco4)n3C3CCCCC3)no2)cc1. The quantitative estimate of drug-likeness (QED) is 0.366. The van der Waals surface area contributed by atoms with Gasteiger partial charge in [-0.1, -0.05) is 66.5 Å². The minimum atomic E-state index is 0.415. The Morgan fingerprint density at radius 3 is 2.62 bits per heavy atom. The first-order valence-electron chi connectivity index (χ1n) is 10.0. The molecule has 1 fully saturated rings. The van der Waals surface area contributed by atoms with E-state index in [2.05, 4.69) is 19.9 Å². The Morgan fingerprint density at radius 2 is 1.83 bits per heavy atom. The minimum Gasteiger partial charge on any atom is -0.461 e. The highest BCUT2D eigenvalue weighted by molar-refractivity contribution is 7.98. The third-order valence-corrected chi connectivity index (χ3v) is 6.29. The minimum absolute atomic E-state index is 0.415. The second-order valence-electron chi connectivity index (χ2n) is 7.28. The molecule has 0 spiro atoms. The molecular weight excluding hydrogens is 384 g/mol. The Kier molecular flexibility index (Phi) is 5.21. The molecule has 29 heavy (non-hydrogen) atoms. The van der Waals surface area contributed by atoms with E-state index in [1.165, 1.54) is 19.3 Å². The van der Waals surface area contributed by atoms with Crippen molar-refractivity contribution in [3.8, 4) is 22.9 Å². The van der Waals surface area contributed by atoms with Gasteiger partial charge in [-0.2, -0.15) is 0 Å². The number of hydrogen-bond acceptors (Lipinski definition) is 6. The number of furan rings is 1. The normalized spacial score (nSPS) is 15.0. The fourth-order valence-electron chi connectivity index (χ4n) is 3.87. The van der Waals surface area contributed by atoms with Crippen molar-refractivity contribution in [2.45, 2.75) is 49.1 Å². The van der Waals surface area contributed by atoms with Crippen LogP contribution in [0.3, 0.4) is 0 Å². The molecule has 4 aromatic rings. The Bertz CT molecular complexity index is 1050. The van der Waals surface area contributed by atoms with Gasteiger partial charge in [0.2, 0.25) is 5.82 Å². The molecule has 7 heteroatoms. The van der Waals surface area contributed by atoms with E-state index in [4.69, 9.17) is 8.94 Å². The predicted molar refractivity (Wildman–Crippen MR) is 111 cm³/mol. The summed E-state index contributed by atoms with van der Waals surface area (Å²) in [7, 11) is 0. The van der Waals surface area contributed by atoms with E-state index in [-0.39, 0.29) is 0 Å². The van der Waals surface area contributed by atoms with E-state index in [1.54, 1.807) is 18.0 Å². The third-order valence-electron chi connectivity index (χ3n) is 5.31. The van der Waals surface area contributed by atoms with Gasteiger partial charge in [0.15, 0.2) is 16.7 Å². The van der Waals surface area contributed by atoms with Crippen LogP contribution in [0.1, 0.15) is 43.8 Å². The molecule has 0 amide bonds. The van der Waals surface area contributed by atoms with Gasteiger partial charge in [-0.15, -0.1) is 10.2 Å². The molecule has 3 heterocycles. The molecule has 148 valence electrons. The van der Waals surface area contributed by atoms with E-state index in [9.17, 15) is 0 Å². The van der Waals surface area contributed by atoms with E-state index in [0.29, 0.717) is 11.8 Å². The van der Waals surface area contributed by atoms with Crippen LogP contribution in [0.2, 0.25) is 0 Å². The monoisotopic (exact) mass is 406 g/mol. The van der Waals surface area contributed by atoms with Gasteiger partial charge in [-0.3, -0.25) is 4.57 Å². The summed E-state index contributed by atoms with van der Waals surface area (Å²) in [6, 6.07) is 16.3. The lowest BCUT2D eigenvalue weighted by Crippen LogP contribution is -2.15. The van der Waals surface area contributed by atoms with Crippen molar-refractivity contribution < 1.29 is 8.94 Å². The summed E-state index contributed by atoms with van der Waals surface area (Å²) < 4.78 is 13.4. The average Bonchev–Trinajstić information content (AvgIpc) is 3.54. The molecule has 0 bridgehead atoms. The maximum absolute atomic E-state index is 5.62. The Labute approximate surface area is 173 Å². The summed E-state index contributed by atoms with van der Waals surface area (Å²) in [5.41, 5.74) is 1.92. The van der Waals surface area contributed by atoms with E-state index >= 15 is 0 Å². The lowest BCUT2D eigenvalue weighted by atomic mass is 9.95. The first-order chi connectivity index (χ1) is 14.4. The van der Waals surface area contributed by atoms with Crippen molar-refractivity contribution in [1.29, 1.82) is 0 Å². The molecule has 1 aromatic carbocycles. The number of aromatic nitrogens is 4. The number of nitrogens with zero attached hydrogens (tertiary/aromatic N) is 4. The van der Waals surface area contributed by atoms with Crippen LogP contribution in [-0.2, 0) is 5.75 Å². The predicted octanol–water partition coefficient (Wildman–Crippen LogP) is 5.99. The van der Waals surface area contributed by atoms with Gasteiger partial charge >= 0.3 is 0 Å². The molecule has 0 saturated heterocycles. The molecule has 5 rings (SSSR count). The van der Waals surface area contributed by atoms with Crippen molar-refractivity contribution in [2.24, 2.45) is 0 Å². The van der Waals surface area contributed by atoms with Gasteiger partial charge in [0.25, 0.3) is 0 Å². The fourth-order valence-corrected chi connectivity index (χ4v) is 4.76. The van der Waals surface area contributed by atoms with Crippen molar-refractivity contribution in [2.75, 3.05) is 0 Å². The first-order valence-corrected chi connectivity index (χ1v) is 11.0. The van der Waals surface area contributed by atoms with Crippen LogP contribution in [0.5, 0.6) is 0 Å². The Balaban J connectivity index is 1.38. The van der Waals surface area contributed by atoms with Gasteiger partial charge in [-0.25, -0.2) is 0 Å². The number of benzene rings is 1. The van der Waals surface area contributed by atoms with Crippen LogP contribution >= 0.6 is 11.8 Å². The average molecular weight is 407 g/mol. The van der Waals surface area contributed by atoms with Gasteiger partial charge in [0, 0.05) is 23.4 Å². The van der Waals surface area contributed by atoms with Crippen LogP contribution in [0.4, 0.5) is 0 Å². The lowest BCUT2D eigenvalue weighted by molar-refractivity contribution is 0.337. The Hall–Kier alpha value is -2.80. The summed E-state index contributed by atoms with van der Waals surface area (Å²) in [5, 5.41) is 14.1. The number of hydrogen-bond donors (Lipinski definition) is 0. The van der Waals surface area contributed by atoms with Crippen molar-refractivity contribution >= 4 is 11.8 Å². The second-order valence-corrected chi connectivity index (χ2v) is 8.23. The van der Waals surface area contributed by atoms with Crippen LogP contribution in [-0.4, -0.2) is 19.9 Å². The molecule has 0 aliphatic heterocycles. The van der Waals surface area contributed by atoms with E-state index in [0.717, 1.165) is 46.6 Å². The highest BCUT2D eigenvalue weighted by Gasteiger charge is 2.25. The largest absolute Gasteiger partial charge is 0.461 e. The van der Waals surface area contributed by atoms with Crippen LogP contribution < -0.4 is 0 Å². The highest BCUT2D eigenvalue weighted by Crippen LogP contribution is 2.36. The molecule has 1 aliphatic rings. The maximum Gasteiger partial charge on any atom is 0.200 e. The fraction of sp³-hybridized carbons (Fsp3) is 0.318. The number of rotatable bonds is 6. The summed E-state index contributed by atoms with van der Waals surface area (Å²) in [5.74, 6) is 3.04. The van der Waals surface area contributed by atoms with Crippen LogP contribution in [0.25, 0.3) is 22.9 Å². The molecule has 1 saturated carbocycles. The van der Waals surface area contributed by atoms with Gasteiger partial charge in [-0.05, 0) is 25.0 Å². The topological polar surface area (TPSA) is 69.9 Å². The van der Waals surface area contributed by atoms with Crippen molar-refractivity contribution in [1.82, 2.24) is 19.9 Å². The van der Waals surface area contributed by atoms with Crippen LogP contribution in [0, 0.1) is 0 Å². The molecule has 0 radical (unpaired) electrons. The standard InChI is InChI=1S/C22H22N4O2S/c1-3-8-16(9-4-1)20-14-17(25-28-20)15-29-22-24-23-21(19-12-7-13-27-19)26(22)18-10-5-2-6-11-18/h1,3-4,7-9,12-14,18H,2,5-6,10-11,15H2. The molecule has 3 aromatic heterocycles. The zero-order valence-electron chi connectivity index (χ0n) is 16.0. The van der Waals surface area contributed by atoms with Gasteiger partial charge in [0.1, 0.15) is 0 Å². The lowest BCUT2D eigenvalue weighted by Gasteiger charge is -2.25. The summed E-state index contributed by atoms with van der Waals surface area (Å²) in [4.78, 5) is 0. The summed E-state index contributed by atoms with van der Waals surface area (Å²) in [6.07, 6.45) is 7.78. The maximum atomic E-state index is 5.62. The van der Waals surface area contributed by atoms with E-state index < -0.39 is 0 Å². The zero-order chi connectivity index (χ0) is 19.5. The first kappa shape index (κ1) is 18.2. The second kappa shape index (κ2) is 8.29. The number of thioether (sulfide) groups is 1. The molecule has 0 atom stereocenters. The zero-order valence-corrected chi connectivity index (χ0v) is 16.8.